The van der Waals surface area contributed by atoms with Gasteiger partial charge in [0.2, 0.25) is 0 Å². The zero-order valence-electron chi connectivity index (χ0n) is 12.6. The Labute approximate surface area is 133 Å². The van der Waals surface area contributed by atoms with Gasteiger partial charge >= 0.3 is 0 Å². The van der Waals surface area contributed by atoms with Crippen molar-refractivity contribution in [3.8, 4) is 5.75 Å². The first-order valence-corrected chi connectivity index (χ1v) is 8.59. The molecule has 0 atom stereocenters. The highest BCUT2D eigenvalue weighted by Gasteiger charge is 2.24. The number of thiol groups is 1. The number of benzene rings is 1. The van der Waals surface area contributed by atoms with Crippen LogP contribution in [0.2, 0.25) is 0 Å². The molecule has 0 saturated heterocycles. The average Bonchev–Trinajstić information content (AvgIpc) is 2.51. The van der Waals surface area contributed by atoms with E-state index in [0.29, 0.717) is 0 Å². The summed E-state index contributed by atoms with van der Waals surface area (Å²) < 4.78 is 5.45. The van der Waals surface area contributed by atoms with Crippen LogP contribution >= 0.6 is 12.6 Å². The fourth-order valence-corrected chi connectivity index (χ4v) is 2.89. The van der Waals surface area contributed by atoms with Crippen molar-refractivity contribution in [3.05, 3.63) is 24.3 Å². The molecule has 1 aliphatic heterocycles. The minimum atomic E-state index is 0.0717. The summed E-state index contributed by atoms with van der Waals surface area (Å²) in [5, 5.41) is 0. The van der Waals surface area contributed by atoms with Gasteiger partial charge in [0, 0.05) is 6.54 Å². The molecule has 4 heteroatoms. The largest absolute Gasteiger partial charge is 0.482 e. The van der Waals surface area contributed by atoms with Crippen LogP contribution < -0.4 is 9.64 Å². The summed E-state index contributed by atoms with van der Waals surface area (Å²) in [4.78, 5) is 13.9. The van der Waals surface area contributed by atoms with Gasteiger partial charge in [-0.1, -0.05) is 44.2 Å². The fourth-order valence-electron chi connectivity index (χ4n) is 2.66. The second kappa shape index (κ2) is 8.98. The van der Waals surface area contributed by atoms with Crippen molar-refractivity contribution in [2.75, 3.05) is 23.8 Å². The van der Waals surface area contributed by atoms with Gasteiger partial charge in [0.05, 0.1) is 5.69 Å². The van der Waals surface area contributed by atoms with E-state index in [-0.39, 0.29) is 12.5 Å². The molecule has 1 aliphatic rings. The Kier molecular flexibility index (Phi) is 6.93. The molecule has 0 fully saturated rings. The highest BCUT2D eigenvalue weighted by molar-refractivity contribution is 7.80. The van der Waals surface area contributed by atoms with Gasteiger partial charge in [0.1, 0.15) is 5.75 Å². The number of rotatable bonds is 9. The number of para-hydroxylation sites is 2. The molecular weight excluding hydrogens is 282 g/mol. The van der Waals surface area contributed by atoms with Crippen molar-refractivity contribution >= 4 is 24.2 Å². The zero-order valence-corrected chi connectivity index (χ0v) is 13.5. The second-order valence-electron chi connectivity index (χ2n) is 5.50. The average molecular weight is 307 g/mol. The number of carbonyl (C=O) groups excluding carboxylic acids is 1. The number of carbonyl (C=O) groups is 1. The molecular formula is C17H25NO2S. The van der Waals surface area contributed by atoms with Crippen molar-refractivity contribution in [1.82, 2.24) is 0 Å². The molecule has 0 spiro atoms. The van der Waals surface area contributed by atoms with E-state index in [1.54, 1.807) is 0 Å². The molecule has 21 heavy (non-hydrogen) atoms. The third-order valence-corrected chi connectivity index (χ3v) is 4.16. The Morgan fingerprint density at radius 3 is 2.43 bits per heavy atom. The number of fused-ring (bicyclic) bond motifs is 1. The van der Waals surface area contributed by atoms with E-state index in [4.69, 9.17) is 4.74 Å². The molecule has 0 radical (unpaired) electrons. The molecule has 0 bridgehead atoms. The number of nitrogens with zero attached hydrogens (tertiary/aromatic N) is 1. The topological polar surface area (TPSA) is 29.5 Å². The summed E-state index contributed by atoms with van der Waals surface area (Å²) >= 11 is 4.22. The summed E-state index contributed by atoms with van der Waals surface area (Å²) in [5.41, 5.74) is 0.919. The maximum absolute atomic E-state index is 12.0. The van der Waals surface area contributed by atoms with Gasteiger partial charge in [-0.05, 0) is 30.7 Å². The van der Waals surface area contributed by atoms with Crippen molar-refractivity contribution in [2.24, 2.45) is 0 Å². The van der Waals surface area contributed by atoms with Gasteiger partial charge in [0.25, 0.3) is 5.91 Å². The van der Waals surface area contributed by atoms with Crippen LogP contribution in [0.25, 0.3) is 0 Å². The third-order valence-electron chi connectivity index (χ3n) is 3.85. The molecule has 1 aromatic carbocycles. The lowest BCUT2D eigenvalue weighted by Crippen LogP contribution is -2.39. The van der Waals surface area contributed by atoms with Crippen LogP contribution in [0.5, 0.6) is 5.75 Å². The van der Waals surface area contributed by atoms with E-state index in [1.807, 2.05) is 29.2 Å². The lowest BCUT2D eigenvalue weighted by molar-refractivity contribution is -0.121. The van der Waals surface area contributed by atoms with Crippen LogP contribution in [0.3, 0.4) is 0 Å². The fraction of sp³-hybridized carbons (Fsp3) is 0.588. The summed E-state index contributed by atoms with van der Waals surface area (Å²) in [7, 11) is 0. The summed E-state index contributed by atoms with van der Waals surface area (Å²) in [6.45, 7) is 0.969. The Morgan fingerprint density at radius 1 is 1.00 bits per heavy atom. The lowest BCUT2D eigenvalue weighted by atomic mass is 10.1. The first-order valence-electron chi connectivity index (χ1n) is 7.96. The van der Waals surface area contributed by atoms with Gasteiger partial charge < -0.3 is 9.64 Å². The Morgan fingerprint density at radius 2 is 1.67 bits per heavy atom. The van der Waals surface area contributed by atoms with Crippen LogP contribution in [0.4, 0.5) is 5.69 Å². The zero-order chi connectivity index (χ0) is 14.9. The van der Waals surface area contributed by atoms with Crippen LogP contribution in [0, 0.1) is 0 Å². The van der Waals surface area contributed by atoms with Gasteiger partial charge in [0.15, 0.2) is 6.61 Å². The smallest absolute Gasteiger partial charge is 0.265 e. The normalized spacial score (nSPS) is 14.0. The molecule has 0 aliphatic carbocycles. The summed E-state index contributed by atoms with van der Waals surface area (Å²) in [6.07, 6.45) is 8.62. The molecule has 0 unspecified atom stereocenters. The number of unbranched alkanes of at least 4 members (excludes halogenated alkanes) is 6. The van der Waals surface area contributed by atoms with E-state index < -0.39 is 0 Å². The summed E-state index contributed by atoms with van der Waals surface area (Å²) in [6, 6.07) is 7.78. The first kappa shape index (κ1) is 16.2. The van der Waals surface area contributed by atoms with Crippen LogP contribution in [-0.4, -0.2) is 24.8 Å². The molecule has 1 heterocycles. The predicted octanol–water partition coefficient (Wildman–Crippen LogP) is 4.07. The summed E-state index contributed by atoms with van der Waals surface area (Å²) in [5.74, 6) is 1.89. The number of ether oxygens (including phenoxy) is 1. The molecule has 3 nitrogen and oxygen atoms in total. The Hall–Kier alpha value is -1.16. The van der Waals surface area contributed by atoms with Crippen molar-refractivity contribution < 1.29 is 9.53 Å². The minimum absolute atomic E-state index is 0.0717. The second-order valence-corrected chi connectivity index (χ2v) is 5.95. The van der Waals surface area contributed by atoms with Crippen LogP contribution in [0.1, 0.15) is 44.9 Å². The number of hydrogen-bond donors (Lipinski definition) is 1. The monoisotopic (exact) mass is 307 g/mol. The molecule has 1 amide bonds. The van der Waals surface area contributed by atoms with E-state index in [1.165, 1.54) is 38.5 Å². The molecule has 116 valence electrons. The van der Waals surface area contributed by atoms with Crippen molar-refractivity contribution in [3.63, 3.8) is 0 Å². The SMILES string of the molecule is O=C1COc2ccccc2N1CCCCCCCCCS. The van der Waals surface area contributed by atoms with E-state index in [0.717, 1.165) is 30.2 Å². The standard InChI is InChI=1S/C17H25NO2S/c19-17-14-20-16-11-7-6-10-15(16)18(17)12-8-4-2-1-3-5-9-13-21/h6-7,10-11,21H,1-5,8-9,12-14H2. The van der Waals surface area contributed by atoms with Gasteiger partial charge in [-0.3, -0.25) is 4.79 Å². The van der Waals surface area contributed by atoms with Gasteiger partial charge in [-0.25, -0.2) is 0 Å². The lowest BCUT2D eigenvalue weighted by Gasteiger charge is -2.29. The van der Waals surface area contributed by atoms with E-state index in [2.05, 4.69) is 12.6 Å². The van der Waals surface area contributed by atoms with Crippen LogP contribution in [0.15, 0.2) is 24.3 Å². The maximum Gasteiger partial charge on any atom is 0.265 e. The minimum Gasteiger partial charge on any atom is -0.482 e. The Balaban J connectivity index is 1.70. The molecule has 2 rings (SSSR count). The maximum atomic E-state index is 12.0. The first-order chi connectivity index (χ1) is 10.3. The highest BCUT2D eigenvalue weighted by Crippen LogP contribution is 2.31. The van der Waals surface area contributed by atoms with E-state index >= 15 is 0 Å². The molecule has 0 saturated carbocycles. The number of hydrogen-bond acceptors (Lipinski definition) is 3. The van der Waals surface area contributed by atoms with Crippen molar-refractivity contribution in [1.29, 1.82) is 0 Å². The number of anilines is 1. The van der Waals surface area contributed by atoms with Crippen molar-refractivity contribution in [2.45, 2.75) is 44.9 Å². The number of amides is 1. The predicted molar refractivity (Wildman–Crippen MR) is 90.5 cm³/mol. The van der Waals surface area contributed by atoms with Gasteiger partial charge in [-0.15, -0.1) is 0 Å². The Bertz CT molecular complexity index is 450. The molecule has 1 aromatic rings. The quantitative estimate of drug-likeness (QED) is 0.550. The van der Waals surface area contributed by atoms with Gasteiger partial charge in [-0.2, -0.15) is 12.6 Å². The van der Waals surface area contributed by atoms with E-state index in [9.17, 15) is 4.79 Å². The molecule has 0 aromatic heterocycles. The third kappa shape index (κ3) is 4.95. The molecule has 0 N–H and O–H groups in total. The highest BCUT2D eigenvalue weighted by atomic mass is 32.1. The van der Waals surface area contributed by atoms with Crippen LogP contribution in [-0.2, 0) is 4.79 Å².